The molecule has 32 heavy (non-hydrogen) atoms. The predicted molar refractivity (Wildman–Crippen MR) is 124 cm³/mol. The number of rotatable bonds is 11. The van der Waals surface area contributed by atoms with E-state index in [2.05, 4.69) is 25.7 Å². The Bertz CT molecular complexity index is 915. The van der Waals surface area contributed by atoms with E-state index in [0.717, 1.165) is 5.56 Å². The van der Waals surface area contributed by atoms with Crippen molar-refractivity contribution in [2.75, 3.05) is 19.0 Å². The second-order valence-electron chi connectivity index (χ2n) is 7.38. The molecule has 172 valence electrons. The number of carbonyl (C=O) groups excluding carboxylic acids is 2. The van der Waals surface area contributed by atoms with E-state index in [1.165, 1.54) is 13.2 Å². The van der Waals surface area contributed by atoms with Crippen molar-refractivity contribution in [1.82, 2.24) is 15.6 Å². The lowest BCUT2D eigenvalue weighted by molar-refractivity contribution is -0.144. The normalized spacial score (nSPS) is 12.1. The number of nitrogens with one attached hydrogen (secondary N) is 3. The van der Waals surface area contributed by atoms with Crippen LogP contribution in [0, 0.1) is 5.92 Å². The highest BCUT2D eigenvalue weighted by Crippen LogP contribution is 2.15. The lowest BCUT2D eigenvalue weighted by Crippen LogP contribution is -2.32. The Morgan fingerprint density at radius 1 is 1.09 bits per heavy atom. The molecule has 0 radical (unpaired) electrons. The fourth-order valence-corrected chi connectivity index (χ4v) is 2.71. The average molecular weight is 461 g/mol. The molecule has 2 aromatic rings. The zero-order valence-corrected chi connectivity index (χ0v) is 19.4. The van der Waals surface area contributed by atoms with Crippen LogP contribution in [0.3, 0.4) is 0 Å². The number of esters is 1. The number of hydrogen-bond donors (Lipinski definition) is 3. The zero-order chi connectivity index (χ0) is 23.5. The van der Waals surface area contributed by atoms with Gasteiger partial charge in [-0.2, -0.15) is 0 Å². The van der Waals surface area contributed by atoms with Crippen LogP contribution in [0.1, 0.15) is 26.3 Å². The topological polar surface area (TPSA) is 102 Å². The largest absolute Gasteiger partial charge is 0.489 e. The van der Waals surface area contributed by atoms with Gasteiger partial charge in [0.25, 0.3) is 0 Å². The molecular formula is C23H29ClN4O4. The van der Waals surface area contributed by atoms with Crippen molar-refractivity contribution >= 4 is 29.3 Å². The Morgan fingerprint density at radius 3 is 2.41 bits per heavy atom. The fraction of sp³-hybridized carbons (Fsp3) is 0.348. The summed E-state index contributed by atoms with van der Waals surface area (Å²) < 4.78 is 10.3. The van der Waals surface area contributed by atoms with Crippen LogP contribution in [-0.2, 0) is 20.9 Å². The summed E-state index contributed by atoms with van der Waals surface area (Å²) in [6.07, 6.45) is 3.03. The lowest BCUT2D eigenvalue weighted by atomic mass is 10.2. The van der Waals surface area contributed by atoms with Crippen molar-refractivity contribution in [3.63, 3.8) is 0 Å². The summed E-state index contributed by atoms with van der Waals surface area (Å²) in [4.78, 5) is 28.3. The van der Waals surface area contributed by atoms with Gasteiger partial charge in [0, 0.05) is 24.2 Å². The average Bonchev–Trinajstić information content (AvgIpc) is 2.77. The SMILES string of the molecule is COC(=O)[C@@H](C)CNC(=O)/C=C(\NCc1ccc(Cl)cc1)Nc1ccc(OC(C)C)cn1. The van der Waals surface area contributed by atoms with Crippen molar-refractivity contribution in [3.8, 4) is 5.75 Å². The van der Waals surface area contributed by atoms with Gasteiger partial charge in [-0.3, -0.25) is 9.59 Å². The van der Waals surface area contributed by atoms with E-state index in [0.29, 0.717) is 29.0 Å². The highest BCUT2D eigenvalue weighted by atomic mass is 35.5. The first-order chi connectivity index (χ1) is 15.3. The molecule has 0 saturated heterocycles. The Balaban J connectivity index is 2.08. The van der Waals surface area contributed by atoms with Gasteiger partial charge in [-0.15, -0.1) is 0 Å². The zero-order valence-electron chi connectivity index (χ0n) is 18.6. The van der Waals surface area contributed by atoms with Crippen LogP contribution >= 0.6 is 11.6 Å². The molecule has 1 aromatic carbocycles. The number of amides is 1. The molecule has 1 atom stereocenters. The van der Waals surface area contributed by atoms with Crippen LogP contribution in [0.25, 0.3) is 0 Å². The van der Waals surface area contributed by atoms with Crippen molar-refractivity contribution in [1.29, 1.82) is 0 Å². The maximum atomic E-state index is 12.4. The molecule has 0 bridgehead atoms. The van der Waals surface area contributed by atoms with E-state index in [-0.39, 0.29) is 24.5 Å². The van der Waals surface area contributed by atoms with Crippen LogP contribution in [0.15, 0.2) is 54.5 Å². The van der Waals surface area contributed by atoms with Gasteiger partial charge >= 0.3 is 5.97 Å². The van der Waals surface area contributed by atoms with Crippen LogP contribution in [0.5, 0.6) is 5.75 Å². The molecule has 1 aromatic heterocycles. The van der Waals surface area contributed by atoms with Crippen molar-refractivity contribution in [2.45, 2.75) is 33.4 Å². The maximum Gasteiger partial charge on any atom is 0.310 e. The second kappa shape index (κ2) is 12.6. The van der Waals surface area contributed by atoms with E-state index < -0.39 is 5.92 Å². The Hall–Kier alpha value is -3.26. The third-order valence-corrected chi connectivity index (χ3v) is 4.48. The molecule has 3 N–H and O–H groups in total. The first-order valence-electron chi connectivity index (χ1n) is 10.2. The lowest BCUT2D eigenvalue weighted by Gasteiger charge is -2.15. The molecule has 0 aliphatic heterocycles. The minimum absolute atomic E-state index is 0.0446. The molecule has 2 rings (SSSR count). The second-order valence-corrected chi connectivity index (χ2v) is 7.81. The number of benzene rings is 1. The van der Waals surface area contributed by atoms with Gasteiger partial charge in [-0.1, -0.05) is 30.7 Å². The molecule has 9 heteroatoms. The Labute approximate surface area is 193 Å². The Morgan fingerprint density at radius 2 is 1.81 bits per heavy atom. The maximum absolute atomic E-state index is 12.4. The van der Waals surface area contributed by atoms with Gasteiger partial charge in [-0.25, -0.2) is 4.98 Å². The molecule has 0 spiro atoms. The van der Waals surface area contributed by atoms with Crippen LogP contribution < -0.4 is 20.7 Å². The number of anilines is 1. The summed E-state index contributed by atoms with van der Waals surface area (Å²) in [6, 6.07) is 10.9. The third-order valence-electron chi connectivity index (χ3n) is 4.23. The predicted octanol–water partition coefficient (Wildman–Crippen LogP) is 3.49. The molecule has 1 heterocycles. The van der Waals surface area contributed by atoms with E-state index in [4.69, 9.17) is 16.3 Å². The molecule has 0 aliphatic rings. The van der Waals surface area contributed by atoms with Crippen molar-refractivity contribution < 1.29 is 19.1 Å². The van der Waals surface area contributed by atoms with Gasteiger partial charge in [0.05, 0.1) is 25.3 Å². The molecule has 0 fully saturated rings. The van der Waals surface area contributed by atoms with E-state index in [9.17, 15) is 9.59 Å². The summed E-state index contributed by atoms with van der Waals surface area (Å²) >= 11 is 5.94. The first-order valence-corrected chi connectivity index (χ1v) is 10.6. The van der Waals surface area contributed by atoms with Gasteiger partial charge in [0.15, 0.2) is 0 Å². The van der Waals surface area contributed by atoms with Crippen LogP contribution in [0.4, 0.5) is 5.82 Å². The number of ether oxygens (including phenoxy) is 2. The minimum atomic E-state index is -0.453. The summed E-state index contributed by atoms with van der Waals surface area (Å²) in [5.41, 5.74) is 0.982. The minimum Gasteiger partial charge on any atom is -0.489 e. The molecule has 0 aliphatic carbocycles. The number of pyridine rings is 1. The van der Waals surface area contributed by atoms with E-state index >= 15 is 0 Å². The summed E-state index contributed by atoms with van der Waals surface area (Å²) in [6.45, 7) is 6.17. The molecular weight excluding hydrogens is 432 g/mol. The highest BCUT2D eigenvalue weighted by Gasteiger charge is 2.14. The van der Waals surface area contributed by atoms with Crippen LogP contribution in [-0.4, -0.2) is 36.6 Å². The van der Waals surface area contributed by atoms with Gasteiger partial charge < -0.3 is 25.4 Å². The number of methoxy groups -OCH3 is 1. The number of aromatic nitrogens is 1. The Kier molecular flexibility index (Phi) is 9.81. The quantitative estimate of drug-likeness (QED) is 0.348. The van der Waals surface area contributed by atoms with E-state index in [1.807, 2.05) is 26.0 Å². The van der Waals surface area contributed by atoms with E-state index in [1.54, 1.807) is 37.4 Å². The van der Waals surface area contributed by atoms with Gasteiger partial charge in [0.1, 0.15) is 17.4 Å². The molecule has 0 unspecified atom stereocenters. The van der Waals surface area contributed by atoms with Crippen LogP contribution in [0.2, 0.25) is 5.02 Å². The summed E-state index contributed by atoms with van der Waals surface area (Å²) in [5.74, 6) is 0.415. The number of halogens is 1. The smallest absolute Gasteiger partial charge is 0.310 e. The molecule has 0 saturated carbocycles. The summed E-state index contributed by atoms with van der Waals surface area (Å²) in [5, 5.41) is 9.63. The molecule has 1 amide bonds. The van der Waals surface area contributed by atoms with Gasteiger partial charge in [0.2, 0.25) is 5.91 Å². The number of nitrogens with zero attached hydrogens (tertiary/aromatic N) is 1. The molecule has 8 nitrogen and oxygen atoms in total. The first kappa shape index (κ1) is 25.0. The van der Waals surface area contributed by atoms with Gasteiger partial charge in [-0.05, 0) is 43.7 Å². The monoisotopic (exact) mass is 460 g/mol. The number of hydrogen-bond acceptors (Lipinski definition) is 7. The highest BCUT2D eigenvalue weighted by molar-refractivity contribution is 6.30. The van der Waals surface area contributed by atoms with Crippen molar-refractivity contribution in [2.24, 2.45) is 5.92 Å². The number of carbonyl (C=O) groups is 2. The fourth-order valence-electron chi connectivity index (χ4n) is 2.59. The third kappa shape index (κ3) is 8.85. The van der Waals surface area contributed by atoms with Crippen molar-refractivity contribution in [3.05, 3.63) is 65.1 Å². The summed E-state index contributed by atoms with van der Waals surface area (Å²) in [7, 11) is 1.31. The standard InChI is InChI=1S/C23H29ClN4O4/c1-15(2)32-19-9-10-20(26-14-19)28-21(25-13-17-5-7-18(24)8-6-17)11-22(29)27-12-16(3)23(30)31-4/h5-11,14-16,25H,12-13H2,1-4H3,(H,26,28)(H,27,29)/b21-11+/t16-/m0/s1.